The first kappa shape index (κ1) is 13.2. The second-order valence-electron chi connectivity index (χ2n) is 4.21. The SMILES string of the molecule is OC(CCc1ccccc1)c1ccc(Br)c(F)c1. The molecule has 0 fully saturated rings. The van der Waals surface area contributed by atoms with Gasteiger partial charge in [-0.15, -0.1) is 0 Å². The Kier molecular flexibility index (Phi) is 4.50. The van der Waals surface area contributed by atoms with Crippen molar-refractivity contribution in [1.82, 2.24) is 0 Å². The largest absolute Gasteiger partial charge is 0.388 e. The number of benzene rings is 2. The number of aliphatic hydroxyl groups is 1. The molecule has 0 heterocycles. The molecule has 0 spiro atoms. The molecule has 0 bridgehead atoms. The highest BCUT2D eigenvalue weighted by atomic mass is 79.9. The quantitative estimate of drug-likeness (QED) is 0.895. The topological polar surface area (TPSA) is 20.2 Å². The van der Waals surface area contributed by atoms with Crippen molar-refractivity contribution in [2.45, 2.75) is 18.9 Å². The maximum atomic E-state index is 13.3. The van der Waals surface area contributed by atoms with Crippen LogP contribution in [0, 0.1) is 5.82 Å². The van der Waals surface area contributed by atoms with Crippen molar-refractivity contribution in [3.05, 3.63) is 69.9 Å². The molecule has 94 valence electrons. The molecule has 1 N–H and O–H groups in total. The molecule has 0 saturated heterocycles. The Bertz CT molecular complexity index is 513. The van der Waals surface area contributed by atoms with E-state index < -0.39 is 6.10 Å². The van der Waals surface area contributed by atoms with Crippen LogP contribution in [0.1, 0.15) is 23.7 Å². The smallest absolute Gasteiger partial charge is 0.137 e. The minimum atomic E-state index is -0.632. The first-order chi connectivity index (χ1) is 8.66. The van der Waals surface area contributed by atoms with Crippen LogP contribution in [0.15, 0.2) is 53.0 Å². The van der Waals surface area contributed by atoms with Gasteiger partial charge in [-0.1, -0.05) is 36.4 Å². The van der Waals surface area contributed by atoms with Gasteiger partial charge in [-0.25, -0.2) is 4.39 Å². The number of aryl methyl sites for hydroxylation is 1. The normalized spacial score (nSPS) is 12.4. The Morgan fingerprint density at radius 3 is 2.50 bits per heavy atom. The lowest BCUT2D eigenvalue weighted by Gasteiger charge is -2.11. The van der Waals surface area contributed by atoms with Gasteiger partial charge in [0.05, 0.1) is 10.6 Å². The van der Waals surface area contributed by atoms with Gasteiger partial charge in [0.25, 0.3) is 0 Å². The molecule has 1 nitrogen and oxygen atoms in total. The molecule has 3 heteroatoms. The summed E-state index contributed by atoms with van der Waals surface area (Å²) < 4.78 is 13.8. The van der Waals surface area contributed by atoms with Gasteiger partial charge in [-0.2, -0.15) is 0 Å². The van der Waals surface area contributed by atoms with E-state index in [2.05, 4.69) is 15.9 Å². The third kappa shape index (κ3) is 3.40. The van der Waals surface area contributed by atoms with Gasteiger partial charge in [-0.3, -0.25) is 0 Å². The zero-order chi connectivity index (χ0) is 13.0. The van der Waals surface area contributed by atoms with Crippen molar-refractivity contribution in [2.75, 3.05) is 0 Å². The van der Waals surface area contributed by atoms with Crippen molar-refractivity contribution in [3.63, 3.8) is 0 Å². The van der Waals surface area contributed by atoms with Crippen LogP contribution in [0.25, 0.3) is 0 Å². The van der Waals surface area contributed by atoms with Crippen LogP contribution in [0.4, 0.5) is 4.39 Å². The van der Waals surface area contributed by atoms with Crippen LogP contribution in [-0.2, 0) is 6.42 Å². The molecule has 0 aromatic heterocycles. The summed E-state index contributed by atoms with van der Waals surface area (Å²) in [5, 5.41) is 10.0. The van der Waals surface area contributed by atoms with Gasteiger partial charge in [0, 0.05) is 0 Å². The van der Waals surface area contributed by atoms with E-state index in [1.807, 2.05) is 30.3 Å². The zero-order valence-corrected chi connectivity index (χ0v) is 11.4. The molecule has 0 amide bonds. The van der Waals surface area contributed by atoms with E-state index in [0.717, 1.165) is 6.42 Å². The van der Waals surface area contributed by atoms with Crippen LogP contribution < -0.4 is 0 Å². The summed E-state index contributed by atoms with van der Waals surface area (Å²) in [4.78, 5) is 0. The highest BCUT2D eigenvalue weighted by molar-refractivity contribution is 9.10. The Hall–Kier alpha value is -1.19. The van der Waals surface area contributed by atoms with Crippen molar-refractivity contribution in [3.8, 4) is 0 Å². The van der Waals surface area contributed by atoms with Crippen LogP contribution in [0.3, 0.4) is 0 Å². The fourth-order valence-corrected chi connectivity index (χ4v) is 2.08. The molecular weight excluding hydrogens is 295 g/mol. The van der Waals surface area contributed by atoms with Gasteiger partial charge in [-0.05, 0) is 52.0 Å². The van der Waals surface area contributed by atoms with Crippen molar-refractivity contribution < 1.29 is 9.50 Å². The zero-order valence-electron chi connectivity index (χ0n) is 9.81. The molecule has 18 heavy (non-hydrogen) atoms. The maximum absolute atomic E-state index is 13.3. The fraction of sp³-hybridized carbons (Fsp3) is 0.200. The van der Waals surface area contributed by atoms with Gasteiger partial charge >= 0.3 is 0 Å². The van der Waals surface area contributed by atoms with E-state index in [4.69, 9.17) is 0 Å². The number of hydrogen-bond donors (Lipinski definition) is 1. The lowest BCUT2D eigenvalue weighted by atomic mass is 10.0. The van der Waals surface area contributed by atoms with Gasteiger partial charge in [0.15, 0.2) is 0 Å². The summed E-state index contributed by atoms with van der Waals surface area (Å²) in [5.41, 5.74) is 1.79. The average molecular weight is 309 g/mol. The molecule has 0 radical (unpaired) electrons. The average Bonchev–Trinajstić information content (AvgIpc) is 2.40. The van der Waals surface area contributed by atoms with E-state index in [9.17, 15) is 9.50 Å². The second kappa shape index (κ2) is 6.12. The summed E-state index contributed by atoms with van der Waals surface area (Å²) in [6.07, 6.45) is 0.734. The third-order valence-corrected chi connectivity index (χ3v) is 3.52. The Morgan fingerprint density at radius 2 is 1.83 bits per heavy atom. The number of hydrogen-bond acceptors (Lipinski definition) is 1. The van der Waals surface area contributed by atoms with Gasteiger partial charge < -0.3 is 5.11 Å². The predicted molar refractivity (Wildman–Crippen MR) is 73.8 cm³/mol. The highest BCUT2D eigenvalue weighted by Gasteiger charge is 2.10. The molecule has 1 unspecified atom stereocenters. The van der Waals surface area contributed by atoms with E-state index in [1.54, 1.807) is 12.1 Å². The van der Waals surface area contributed by atoms with E-state index in [0.29, 0.717) is 16.5 Å². The van der Waals surface area contributed by atoms with Crippen molar-refractivity contribution in [2.24, 2.45) is 0 Å². The third-order valence-electron chi connectivity index (χ3n) is 2.88. The molecule has 2 aromatic rings. The first-order valence-electron chi connectivity index (χ1n) is 5.84. The Labute approximate surface area is 114 Å². The van der Waals surface area contributed by atoms with Crippen LogP contribution in [0.5, 0.6) is 0 Å². The molecule has 0 aliphatic rings. The molecule has 0 saturated carbocycles. The molecule has 0 aliphatic heterocycles. The van der Waals surface area contributed by atoms with Crippen LogP contribution in [0.2, 0.25) is 0 Å². The van der Waals surface area contributed by atoms with Gasteiger partial charge in [0.2, 0.25) is 0 Å². The van der Waals surface area contributed by atoms with E-state index in [-0.39, 0.29) is 5.82 Å². The first-order valence-corrected chi connectivity index (χ1v) is 6.63. The Morgan fingerprint density at radius 1 is 1.11 bits per heavy atom. The minimum absolute atomic E-state index is 0.341. The fourth-order valence-electron chi connectivity index (χ4n) is 1.83. The monoisotopic (exact) mass is 308 g/mol. The van der Waals surface area contributed by atoms with Crippen molar-refractivity contribution in [1.29, 1.82) is 0 Å². The van der Waals surface area contributed by atoms with Crippen LogP contribution in [-0.4, -0.2) is 5.11 Å². The second-order valence-corrected chi connectivity index (χ2v) is 5.07. The Balaban J connectivity index is 1.99. The summed E-state index contributed by atoms with van der Waals surface area (Å²) in [6.45, 7) is 0. The molecule has 1 atom stereocenters. The summed E-state index contributed by atoms with van der Waals surface area (Å²) in [5.74, 6) is -0.341. The summed E-state index contributed by atoms with van der Waals surface area (Å²) in [7, 11) is 0. The number of aliphatic hydroxyl groups excluding tert-OH is 1. The van der Waals surface area contributed by atoms with Crippen molar-refractivity contribution >= 4 is 15.9 Å². The maximum Gasteiger partial charge on any atom is 0.137 e. The molecule has 0 aliphatic carbocycles. The molecule has 2 aromatic carbocycles. The summed E-state index contributed by atoms with van der Waals surface area (Å²) in [6, 6.07) is 14.7. The van der Waals surface area contributed by atoms with E-state index in [1.165, 1.54) is 11.6 Å². The number of halogens is 2. The van der Waals surface area contributed by atoms with Crippen LogP contribution >= 0.6 is 15.9 Å². The standard InChI is InChI=1S/C15H14BrFO/c16-13-8-7-12(10-14(13)17)15(18)9-6-11-4-2-1-3-5-11/h1-5,7-8,10,15,18H,6,9H2. The summed E-state index contributed by atoms with van der Waals surface area (Å²) >= 11 is 3.10. The lowest BCUT2D eigenvalue weighted by Crippen LogP contribution is -2.00. The molecule has 2 rings (SSSR count). The van der Waals surface area contributed by atoms with E-state index >= 15 is 0 Å². The predicted octanol–water partition coefficient (Wildman–Crippen LogP) is 4.25. The minimum Gasteiger partial charge on any atom is -0.388 e. The van der Waals surface area contributed by atoms with Gasteiger partial charge in [0.1, 0.15) is 5.82 Å². The number of rotatable bonds is 4. The molecular formula is C15H14BrFO. The highest BCUT2D eigenvalue weighted by Crippen LogP contribution is 2.23. The lowest BCUT2D eigenvalue weighted by molar-refractivity contribution is 0.167.